The van der Waals surface area contributed by atoms with Gasteiger partial charge >= 0.3 is 0 Å². The van der Waals surface area contributed by atoms with Crippen molar-refractivity contribution < 1.29 is 9.78 Å². The second kappa shape index (κ2) is 5.96. The van der Waals surface area contributed by atoms with Crippen LogP contribution in [-0.2, 0) is 6.42 Å². The average molecular weight is 240 g/mol. The van der Waals surface area contributed by atoms with Gasteiger partial charge in [0.2, 0.25) is 11.9 Å². The predicted molar refractivity (Wildman–Crippen MR) is 69.0 cm³/mol. The Morgan fingerprint density at radius 1 is 1.11 bits per heavy atom. The van der Waals surface area contributed by atoms with Gasteiger partial charge in [-0.05, 0) is 23.2 Å². The first kappa shape index (κ1) is 12.3. The zero-order valence-electron chi connectivity index (χ0n) is 10.4. The van der Waals surface area contributed by atoms with E-state index in [1.165, 1.54) is 0 Å². The monoisotopic (exact) mass is 240 g/mol. The highest BCUT2D eigenvalue weighted by Crippen LogP contribution is 1.99. The first-order chi connectivity index (χ1) is 8.81. The fourth-order valence-corrected chi connectivity index (χ4v) is 1.76. The lowest BCUT2D eigenvalue weighted by Crippen LogP contribution is -2.37. The minimum atomic E-state index is -0.218. The third-order valence-electron chi connectivity index (χ3n) is 2.65. The molecule has 0 amide bonds. The Labute approximate surface area is 107 Å². The van der Waals surface area contributed by atoms with Crippen LogP contribution in [0, 0.1) is 0 Å². The number of benzene rings is 1. The Morgan fingerprint density at radius 3 is 2.56 bits per heavy atom. The lowest BCUT2D eigenvalue weighted by Gasteiger charge is -2.06. The maximum absolute atomic E-state index is 12.0. The Kier molecular flexibility index (Phi) is 4.07. The van der Waals surface area contributed by atoms with Gasteiger partial charge in [0.25, 0.3) is 0 Å². The molecule has 3 nitrogen and oxygen atoms in total. The Morgan fingerprint density at radius 2 is 1.83 bits per heavy atom. The minimum Gasteiger partial charge on any atom is -0.854 e. The van der Waals surface area contributed by atoms with Gasteiger partial charge in [0, 0.05) is 18.6 Å². The van der Waals surface area contributed by atoms with E-state index in [2.05, 4.69) is 12.0 Å². The van der Waals surface area contributed by atoms with Crippen molar-refractivity contribution in [2.45, 2.75) is 19.8 Å². The van der Waals surface area contributed by atoms with Gasteiger partial charge in [-0.3, -0.25) is 0 Å². The molecule has 0 unspecified atom stereocenters. The van der Waals surface area contributed by atoms with Gasteiger partial charge < -0.3 is 5.11 Å². The van der Waals surface area contributed by atoms with Crippen molar-refractivity contribution in [1.29, 1.82) is 0 Å². The molecule has 1 aromatic carbocycles. The Balaban J connectivity index is 2.33. The summed E-state index contributed by atoms with van der Waals surface area (Å²) in [6.45, 7) is 2.11. The van der Waals surface area contributed by atoms with Crippen LogP contribution in [0.2, 0.25) is 0 Å². The number of rotatable bonds is 4. The van der Waals surface area contributed by atoms with Crippen LogP contribution >= 0.6 is 0 Å². The van der Waals surface area contributed by atoms with Crippen LogP contribution in [0.4, 0.5) is 0 Å². The summed E-state index contributed by atoms with van der Waals surface area (Å²) in [4.78, 5) is 0. The molecule has 92 valence electrons. The molecule has 0 spiro atoms. The van der Waals surface area contributed by atoms with E-state index in [1.807, 2.05) is 42.6 Å². The third-order valence-corrected chi connectivity index (χ3v) is 2.65. The zero-order chi connectivity index (χ0) is 12.8. The molecule has 0 saturated heterocycles. The van der Waals surface area contributed by atoms with Crippen molar-refractivity contribution in [3.05, 3.63) is 66.0 Å². The summed E-state index contributed by atoms with van der Waals surface area (Å²) in [5.74, 6) is -0.218. The lowest BCUT2D eigenvalue weighted by molar-refractivity contribution is -0.688. The molecule has 18 heavy (non-hydrogen) atoms. The average Bonchev–Trinajstić information content (AvgIpc) is 2.42. The van der Waals surface area contributed by atoms with E-state index in [1.54, 1.807) is 16.8 Å². The van der Waals surface area contributed by atoms with Crippen LogP contribution in [0.3, 0.4) is 0 Å². The number of pyridine rings is 1. The summed E-state index contributed by atoms with van der Waals surface area (Å²) in [6.07, 6.45) is 3.75. The highest BCUT2D eigenvalue weighted by Gasteiger charge is 2.07. The molecule has 2 rings (SSSR count). The van der Waals surface area contributed by atoms with Gasteiger partial charge in [0.1, 0.15) is 0 Å². The summed E-state index contributed by atoms with van der Waals surface area (Å²) in [5, 5.41) is 16.1. The number of aryl methyl sites for hydroxylation is 1. The molecular weight excluding hydrogens is 224 g/mol. The molecule has 0 aliphatic carbocycles. The van der Waals surface area contributed by atoms with Crippen molar-refractivity contribution >= 4 is 5.90 Å². The highest BCUT2D eigenvalue weighted by atomic mass is 16.3. The number of nitrogens with zero attached hydrogens (tertiary/aromatic N) is 2. The van der Waals surface area contributed by atoms with E-state index < -0.39 is 0 Å². The molecular formula is C15H16N2O. The molecule has 0 aliphatic heterocycles. The highest BCUT2D eigenvalue weighted by molar-refractivity contribution is 5.89. The van der Waals surface area contributed by atoms with Gasteiger partial charge in [-0.15, -0.1) is 0 Å². The summed E-state index contributed by atoms with van der Waals surface area (Å²) >= 11 is 0. The molecule has 0 fully saturated rings. The SMILES string of the molecule is CCCc1cccc[n+]1/N=C(\[O-])c1ccccc1. The fraction of sp³-hybridized carbons (Fsp3) is 0.200. The third kappa shape index (κ3) is 2.94. The van der Waals surface area contributed by atoms with Crippen molar-refractivity contribution in [2.24, 2.45) is 5.10 Å². The van der Waals surface area contributed by atoms with Crippen molar-refractivity contribution in [1.82, 2.24) is 0 Å². The normalized spacial score (nSPS) is 11.5. The van der Waals surface area contributed by atoms with E-state index in [4.69, 9.17) is 0 Å². The number of hydrogen-bond donors (Lipinski definition) is 0. The van der Waals surface area contributed by atoms with Gasteiger partial charge in [0.05, 0.1) is 5.90 Å². The Hall–Kier alpha value is -2.16. The van der Waals surface area contributed by atoms with E-state index >= 15 is 0 Å². The number of aromatic nitrogens is 1. The second-order valence-corrected chi connectivity index (χ2v) is 4.06. The molecule has 0 aliphatic rings. The van der Waals surface area contributed by atoms with E-state index in [-0.39, 0.29) is 5.90 Å². The second-order valence-electron chi connectivity index (χ2n) is 4.06. The molecule has 0 radical (unpaired) electrons. The van der Waals surface area contributed by atoms with E-state index in [0.717, 1.165) is 18.5 Å². The van der Waals surface area contributed by atoms with Crippen LogP contribution in [0.15, 0.2) is 59.8 Å². The molecule has 0 saturated carbocycles. The van der Waals surface area contributed by atoms with Crippen LogP contribution < -0.4 is 9.78 Å². The van der Waals surface area contributed by atoms with Crippen LogP contribution in [0.25, 0.3) is 0 Å². The van der Waals surface area contributed by atoms with Crippen molar-refractivity contribution in [2.75, 3.05) is 0 Å². The molecule has 0 N–H and O–H groups in total. The van der Waals surface area contributed by atoms with Gasteiger partial charge in [-0.2, -0.15) is 0 Å². The zero-order valence-corrected chi connectivity index (χ0v) is 10.4. The fourth-order valence-electron chi connectivity index (χ4n) is 1.76. The predicted octanol–water partition coefficient (Wildman–Crippen LogP) is 1.50. The maximum atomic E-state index is 12.0. The van der Waals surface area contributed by atoms with Gasteiger partial charge in [0.15, 0.2) is 0 Å². The van der Waals surface area contributed by atoms with Gasteiger partial charge in [-0.25, -0.2) is 0 Å². The summed E-state index contributed by atoms with van der Waals surface area (Å²) < 4.78 is 1.67. The van der Waals surface area contributed by atoms with Crippen molar-refractivity contribution in [3.63, 3.8) is 0 Å². The van der Waals surface area contributed by atoms with Crippen LogP contribution in [0.5, 0.6) is 0 Å². The molecule has 3 heteroatoms. The molecule has 1 aromatic heterocycles. The smallest absolute Gasteiger partial charge is 0.214 e. The van der Waals surface area contributed by atoms with Crippen LogP contribution in [-0.4, -0.2) is 5.90 Å². The summed E-state index contributed by atoms with van der Waals surface area (Å²) in [5.41, 5.74) is 1.65. The van der Waals surface area contributed by atoms with E-state index in [0.29, 0.717) is 5.56 Å². The molecule has 0 bridgehead atoms. The minimum absolute atomic E-state index is 0.218. The van der Waals surface area contributed by atoms with Gasteiger partial charge in [-0.1, -0.05) is 41.9 Å². The Bertz CT molecular complexity index is 535. The summed E-state index contributed by atoms with van der Waals surface area (Å²) in [6, 6.07) is 14.9. The molecule has 1 heterocycles. The summed E-state index contributed by atoms with van der Waals surface area (Å²) in [7, 11) is 0. The topological polar surface area (TPSA) is 39.3 Å². The number of hydrogen-bond acceptors (Lipinski definition) is 2. The molecule has 2 aromatic rings. The molecule has 0 atom stereocenters. The van der Waals surface area contributed by atoms with Crippen molar-refractivity contribution in [3.8, 4) is 0 Å². The largest absolute Gasteiger partial charge is 0.854 e. The van der Waals surface area contributed by atoms with Crippen LogP contribution in [0.1, 0.15) is 24.6 Å². The maximum Gasteiger partial charge on any atom is 0.214 e. The first-order valence-corrected chi connectivity index (χ1v) is 6.12. The van der Waals surface area contributed by atoms with E-state index in [9.17, 15) is 5.11 Å². The standard InChI is InChI=1S/C15H16N2O/c1-2-8-14-11-6-7-12-17(14)16-15(18)13-9-4-3-5-10-13/h3-7,9-12H,2,8H2,1H3. The first-order valence-electron chi connectivity index (χ1n) is 6.12. The lowest BCUT2D eigenvalue weighted by atomic mass is 10.2. The quantitative estimate of drug-likeness (QED) is 0.453.